The second kappa shape index (κ2) is 26.8. The number of hydrogen-bond acceptors (Lipinski definition) is 13. The number of benzene rings is 2. The molecule has 6 saturated heterocycles. The maximum atomic E-state index is 15.5. The van der Waals surface area contributed by atoms with Gasteiger partial charge in [-0.05, 0) is 0 Å². The van der Waals surface area contributed by atoms with Crippen molar-refractivity contribution in [2.24, 2.45) is 0 Å². The third-order valence-electron chi connectivity index (χ3n) is 13.4. The van der Waals surface area contributed by atoms with E-state index in [0.29, 0.717) is 67.9 Å². The Kier molecular flexibility index (Phi) is 22.3. The van der Waals surface area contributed by atoms with Gasteiger partial charge in [-0.25, -0.2) is 0 Å². The van der Waals surface area contributed by atoms with Gasteiger partial charge in [-0.1, -0.05) is 0 Å². The van der Waals surface area contributed by atoms with Crippen LogP contribution in [0.5, 0.6) is 0 Å². The summed E-state index contributed by atoms with van der Waals surface area (Å²) in [7, 11) is 0. The molecule has 6 heterocycles. The minimum atomic E-state index is -4.53. The van der Waals surface area contributed by atoms with Crippen LogP contribution in [0.25, 0.3) is 0 Å². The summed E-state index contributed by atoms with van der Waals surface area (Å²) in [4.78, 5) is 35.6. The molecular formula is C48H80Ge2N2O11Sn2. The molecule has 8 rings (SSSR count). The molecule has 6 fully saturated rings. The van der Waals surface area contributed by atoms with E-state index in [0.717, 1.165) is 113 Å². The first-order valence-electron chi connectivity index (χ1n) is 25.1. The third kappa shape index (κ3) is 15.8. The first kappa shape index (κ1) is 54.0. The number of aryl methyl sites for hydroxylation is 2. The summed E-state index contributed by atoms with van der Waals surface area (Å²) in [6, 6.07) is 16.4. The van der Waals surface area contributed by atoms with Crippen LogP contribution in [0, 0.1) is 13.8 Å². The number of fused-ring (bicyclic) bond motifs is 12. The Morgan fingerprint density at radius 2 is 0.785 bits per heavy atom. The van der Waals surface area contributed by atoms with Crippen molar-refractivity contribution >= 4 is 78.9 Å². The Morgan fingerprint density at radius 1 is 0.508 bits per heavy atom. The van der Waals surface area contributed by atoms with E-state index in [-0.39, 0.29) is 11.9 Å². The van der Waals surface area contributed by atoms with Gasteiger partial charge >= 0.3 is 411 Å². The molecule has 0 saturated carbocycles. The predicted molar refractivity (Wildman–Crippen MR) is 261 cm³/mol. The average molecular weight is 1240 g/mol. The van der Waals surface area contributed by atoms with Crippen LogP contribution in [0.2, 0.25) is 28.3 Å². The SMILES string of the molecule is CCC[CH2][Sn]([CH2]CCC)([O]C(=O)C([CH2][Ge]12[O]CCN(CC[O]1)CC[O]2)c1ccc(C)cc1)[O][Sn]([CH2]CCC)([CH2]CCC)[O]C(=O)C([CH2][Ge]12[O]CCN(CC[O]1)CC[O]2)c1ccc(C)cc1. The normalized spacial score (nSPS) is 25.0. The Hall–Kier alpha value is -0.297. The van der Waals surface area contributed by atoms with E-state index in [9.17, 15) is 0 Å². The molecule has 0 N–H and O–H groups in total. The molecule has 2 atom stereocenters. The Bertz CT molecular complexity index is 1570. The van der Waals surface area contributed by atoms with Crippen molar-refractivity contribution in [1.29, 1.82) is 0 Å². The zero-order valence-corrected chi connectivity index (χ0v) is 50.4. The number of carbonyl (C=O) groups excluding carboxylic acids is 2. The number of unbranched alkanes of at least 4 members (excludes halogenated alkanes) is 4. The first-order valence-corrected chi connectivity index (χ1v) is 45.9. The molecule has 17 heteroatoms. The molecule has 0 amide bonds. The maximum absolute atomic E-state index is 15.5. The van der Waals surface area contributed by atoms with Gasteiger partial charge in [-0.15, -0.1) is 0 Å². The first-order chi connectivity index (χ1) is 31.5. The summed E-state index contributed by atoms with van der Waals surface area (Å²) in [6.45, 7) is 20.9. The van der Waals surface area contributed by atoms with Gasteiger partial charge in [0.05, 0.1) is 0 Å². The Labute approximate surface area is 407 Å². The quantitative estimate of drug-likeness (QED) is 0.0931. The van der Waals surface area contributed by atoms with Crippen molar-refractivity contribution < 1.29 is 39.7 Å². The van der Waals surface area contributed by atoms with Gasteiger partial charge in [0.15, 0.2) is 0 Å². The van der Waals surface area contributed by atoms with Crippen LogP contribution in [0.3, 0.4) is 0 Å². The second-order valence-corrected chi connectivity index (χ2v) is 51.5. The Balaban J connectivity index is 1.39. The van der Waals surface area contributed by atoms with Crippen LogP contribution in [-0.4, -0.2) is 168 Å². The van der Waals surface area contributed by atoms with Gasteiger partial charge in [0.25, 0.3) is 0 Å². The fraction of sp³-hybridized carbons (Fsp3) is 0.708. The molecule has 0 aromatic heterocycles. The number of carbonyl (C=O) groups is 2. The van der Waals surface area contributed by atoms with Gasteiger partial charge in [-0.3, -0.25) is 0 Å². The average Bonchev–Trinajstić information content (AvgIpc) is 3.25. The molecule has 364 valence electrons. The van der Waals surface area contributed by atoms with Crippen molar-refractivity contribution in [2.45, 2.75) is 133 Å². The molecule has 6 aliphatic heterocycles. The second-order valence-electron chi connectivity index (χ2n) is 18.7. The van der Waals surface area contributed by atoms with Crippen LogP contribution in [-0.2, 0) is 39.7 Å². The van der Waals surface area contributed by atoms with Gasteiger partial charge < -0.3 is 0 Å². The van der Waals surface area contributed by atoms with Crippen LogP contribution in [0.15, 0.2) is 48.5 Å². The standard InChI is InChI=1S/2C16H23GeNO5.4C4H9.O.2Sn/c2*1-13-2-4-14(5-3-13)15(16(19)20)12-17-21-9-6-18(7-10-22-17)8-11-23-17;4*1-3-4-2;;;/h2*2-5,15H,6-12H2,1H3,(H,19,20);4*1,3-4H2,2H3;;;/q;;;;;;;2*+1/p-2. The van der Waals surface area contributed by atoms with E-state index in [1.165, 1.54) is 0 Å². The van der Waals surface area contributed by atoms with Gasteiger partial charge in [0.2, 0.25) is 0 Å². The summed E-state index contributed by atoms with van der Waals surface area (Å²) in [6.07, 6.45) is 7.24. The molecule has 2 aromatic carbocycles. The molecule has 2 unspecified atom stereocenters. The summed E-state index contributed by atoms with van der Waals surface area (Å²) >= 11 is -17.0. The zero-order chi connectivity index (χ0) is 46.2. The molecule has 6 aliphatic rings. The number of hydrogen-bond donors (Lipinski definition) is 0. The van der Waals surface area contributed by atoms with E-state index < -0.39 is 78.8 Å². The minimum absolute atomic E-state index is 0.279. The summed E-state index contributed by atoms with van der Waals surface area (Å²) in [5.74, 6) is -1.86. The summed E-state index contributed by atoms with van der Waals surface area (Å²) < 4.78 is 65.0. The summed E-state index contributed by atoms with van der Waals surface area (Å²) in [5, 5.41) is 0.686. The van der Waals surface area contributed by atoms with E-state index in [2.05, 4.69) is 75.6 Å². The predicted octanol–water partition coefficient (Wildman–Crippen LogP) is 8.99. The van der Waals surface area contributed by atoms with E-state index in [1.54, 1.807) is 0 Å². The molecule has 65 heavy (non-hydrogen) atoms. The van der Waals surface area contributed by atoms with Gasteiger partial charge in [0.1, 0.15) is 0 Å². The third-order valence-corrected chi connectivity index (χ3v) is 57.7. The van der Waals surface area contributed by atoms with Gasteiger partial charge in [0, 0.05) is 0 Å². The fourth-order valence-electron chi connectivity index (χ4n) is 9.36. The molecule has 4 bridgehead atoms. The van der Waals surface area contributed by atoms with E-state index in [1.807, 2.05) is 24.3 Å². The molecule has 0 aliphatic carbocycles. The monoisotopic (exact) mass is 1250 g/mol. The van der Waals surface area contributed by atoms with Crippen LogP contribution in [0.4, 0.5) is 0 Å². The molecule has 2 aromatic rings. The molecular weight excluding hydrogens is 1160 g/mol. The Morgan fingerprint density at radius 3 is 1.05 bits per heavy atom. The topological polar surface area (TPSA) is 124 Å². The number of rotatable bonds is 24. The molecule has 0 radical (unpaired) electrons. The van der Waals surface area contributed by atoms with E-state index >= 15 is 9.59 Å². The van der Waals surface area contributed by atoms with E-state index in [4.69, 9.17) is 30.1 Å². The van der Waals surface area contributed by atoms with Crippen LogP contribution >= 0.6 is 0 Å². The molecule has 13 nitrogen and oxygen atoms in total. The van der Waals surface area contributed by atoms with Crippen molar-refractivity contribution in [2.75, 3.05) is 78.9 Å². The van der Waals surface area contributed by atoms with Crippen LogP contribution in [0.1, 0.15) is 113 Å². The fourth-order valence-corrected chi connectivity index (χ4v) is 62.2. The van der Waals surface area contributed by atoms with Crippen LogP contribution < -0.4 is 0 Å². The number of nitrogens with zero attached hydrogens (tertiary/aromatic N) is 2. The van der Waals surface area contributed by atoms with Gasteiger partial charge in [-0.2, -0.15) is 0 Å². The van der Waals surface area contributed by atoms with Crippen molar-refractivity contribution in [3.8, 4) is 0 Å². The van der Waals surface area contributed by atoms with Crippen molar-refractivity contribution in [3.63, 3.8) is 0 Å². The van der Waals surface area contributed by atoms with Crippen molar-refractivity contribution in [3.05, 3.63) is 70.8 Å². The summed E-state index contributed by atoms with van der Waals surface area (Å²) in [5.41, 5.74) is 3.98. The van der Waals surface area contributed by atoms with Crippen molar-refractivity contribution in [1.82, 2.24) is 9.80 Å². The molecule has 0 spiro atoms. The zero-order valence-electron chi connectivity index (χ0n) is 40.5.